The molecular formula is C20H20N2O3S2. The van der Waals surface area contributed by atoms with E-state index >= 15 is 0 Å². The van der Waals surface area contributed by atoms with Crippen LogP contribution in [-0.2, 0) is 35.2 Å². The van der Waals surface area contributed by atoms with Gasteiger partial charge in [0.15, 0.2) is 6.61 Å². The van der Waals surface area contributed by atoms with Crippen molar-refractivity contribution in [3.05, 3.63) is 37.4 Å². The minimum absolute atomic E-state index is 0.338. The number of nitrogens with zero attached hydrogens (tertiary/aromatic N) is 1. The average Bonchev–Trinajstić information content (AvgIpc) is 3.31. The van der Waals surface area contributed by atoms with Gasteiger partial charge in [0.25, 0.3) is 5.91 Å². The molecule has 0 saturated heterocycles. The molecule has 0 aliphatic heterocycles. The van der Waals surface area contributed by atoms with Gasteiger partial charge >= 0.3 is 5.97 Å². The molecule has 0 bridgehead atoms. The fourth-order valence-electron chi connectivity index (χ4n) is 3.74. The maximum absolute atomic E-state index is 12.3. The second kappa shape index (κ2) is 7.83. The Morgan fingerprint density at radius 2 is 1.89 bits per heavy atom. The molecule has 0 fully saturated rings. The van der Waals surface area contributed by atoms with E-state index in [1.54, 1.807) is 0 Å². The van der Waals surface area contributed by atoms with E-state index in [4.69, 9.17) is 4.74 Å². The van der Waals surface area contributed by atoms with Crippen LogP contribution in [0.15, 0.2) is 6.07 Å². The van der Waals surface area contributed by atoms with Crippen LogP contribution in [0.3, 0.4) is 0 Å². The van der Waals surface area contributed by atoms with Crippen LogP contribution in [0.2, 0.25) is 0 Å². The van der Waals surface area contributed by atoms with Crippen LogP contribution >= 0.6 is 22.7 Å². The number of rotatable bonds is 4. The number of hydrogen-bond donors (Lipinski definition) is 1. The molecule has 1 N–H and O–H groups in total. The lowest BCUT2D eigenvalue weighted by Crippen LogP contribution is -2.20. The molecule has 0 unspecified atom stereocenters. The van der Waals surface area contributed by atoms with Gasteiger partial charge in [-0.1, -0.05) is 6.42 Å². The number of fused-ring (bicyclic) bond motifs is 2. The lowest BCUT2D eigenvalue weighted by molar-refractivity contribution is -0.119. The maximum Gasteiger partial charge on any atom is 0.348 e. The first-order chi connectivity index (χ1) is 13.2. The molecule has 1 amide bonds. The van der Waals surface area contributed by atoms with Crippen molar-refractivity contribution in [3.63, 3.8) is 0 Å². The van der Waals surface area contributed by atoms with Crippen LogP contribution < -0.4 is 5.32 Å². The van der Waals surface area contributed by atoms with Gasteiger partial charge in [0.1, 0.15) is 15.9 Å². The van der Waals surface area contributed by atoms with E-state index in [9.17, 15) is 14.9 Å². The highest BCUT2D eigenvalue weighted by Crippen LogP contribution is 2.38. The van der Waals surface area contributed by atoms with Crippen molar-refractivity contribution in [2.75, 3.05) is 11.9 Å². The van der Waals surface area contributed by atoms with Gasteiger partial charge in [-0.15, -0.1) is 22.7 Å². The van der Waals surface area contributed by atoms with Crippen molar-refractivity contribution in [3.8, 4) is 6.07 Å². The van der Waals surface area contributed by atoms with Crippen molar-refractivity contribution in [1.29, 1.82) is 5.26 Å². The van der Waals surface area contributed by atoms with E-state index in [0.717, 1.165) is 50.5 Å². The van der Waals surface area contributed by atoms with Crippen LogP contribution in [0, 0.1) is 11.3 Å². The summed E-state index contributed by atoms with van der Waals surface area (Å²) >= 11 is 2.95. The largest absolute Gasteiger partial charge is 0.451 e. The molecule has 140 valence electrons. The number of hydrogen-bond acceptors (Lipinski definition) is 6. The van der Waals surface area contributed by atoms with Crippen molar-refractivity contribution in [2.45, 2.75) is 51.4 Å². The summed E-state index contributed by atoms with van der Waals surface area (Å²) in [4.78, 5) is 27.5. The van der Waals surface area contributed by atoms with Gasteiger partial charge in [-0.05, 0) is 62.1 Å². The van der Waals surface area contributed by atoms with Gasteiger partial charge in [0.05, 0.1) is 5.56 Å². The molecule has 4 rings (SSSR count). The third-order valence-electron chi connectivity index (χ3n) is 5.07. The number of carbonyl (C=O) groups is 2. The SMILES string of the molecule is N#Cc1c(NC(=O)COC(=O)c2cc3c(s2)CCCCC3)sc2c1CCC2. The highest BCUT2D eigenvalue weighted by atomic mass is 32.1. The number of carbonyl (C=O) groups excluding carboxylic acids is 2. The Hall–Kier alpha value is -2.17. The molecule has 2 aliphatic rings. The third-order valence-corrected chi connectivity index (χ3v) is 7.49. The van der Waals surface area contributed by atoms with Crippen LogP contribution in [-0.4, -0.2) is 18.5 Å². The Labute approximate surface area is 166 Å². The molecule has 0 radical (unpaired) electrons. The van der Waals surface area contributed by atoms with Gasteiger partial charge in [-0.25, -0.2) is 4.79 Å². The highest BCUT2D eigenvalue weighted by molar-refractivity contribution is 7.16. The van der Waals surface area contributed by atoms with Gasteiger partial charge in [-0.2, -0.15) is 5.26 Å². The lowest BCUT2D eigenvalue weighted by atomic mass is 10.1. The van der Waals surface area contributed by atoms with Gasteiger partial charge in [0, 0.05) is 9.75 Å². The molecule has 2 aromatic heterocycles. The molecule has 27 heavy (non-hydrogen) atoms. The molecule has 7 heteroatoms. The van der Waals surface area contributed by atoms with Gasteiger partial charge in [-0.3, -0.25) is 4.79 Å². The van der Waals surface area contributed by atoms with E-state index < -0.39 is 11.9 Å². The highest BCUT2D eigenvalue weighted by Gasteiger charge is 2.24. The summed E-state index contributed by atoms with van der Waals surface area (Å²) in [5, 5.41) is 12.7. The minimum Gasteiger partial charge on any atom is -0.451 e. The summed E-state index contributed by atoms with van der Waals surface area (Å²) in [7, 11) is 0. The molecule has 0 aromatic carbocycles. The molecule has 0 saturated carbocycles. The monoisotopic (exact) mass is 400 g/mol. The minimum atomic E-state index is -0.447. The first-order valence-electron chi connectivity index (χ1n) is 9.29. The van der Waals surface area contributed by atoms with E-state index in [1.807, 2.05) is 6.07 Å². The quantitative estimate of drug-likeness (QED) is 0.615. The Balaban J connectivity index is 1.36. The van der Waals surface area contributed by atoms with Crippen molar-refractivity contribution >= 4 is 39.6 Å². The van der Waals surface area contributed by atoms with Crippen LogP contribution in [0.1, 0.15) is 61.8 Å². The fraction of sp³-hybridized carbons (Fsp3) is 0.450. The molecular weight excluding hydrogens is 380 g/mol. The van der Waals surface area contributed by atoms with E-state index in [0.29, 0.717) is 15.4 Å². The Morgan fingerprint density at radius 3 is 2.74 bits per heavy atom. The zero-order valence-electron chi connectivity index (χ0n) is 14.9. The molecule has 2 aliphatic carbocycles. The smallest absolute Gasteiger partial charge is 0.348 e. The summed E-state index contributed by atoms with van der Waals surface area (Å²) in [6, 6.07) is 4.11. The zero-order chi connectivity index (χ0) is 18.8. The second-order valence-electron chi connectivity index (χ2n) is 6.92. The molecule has 5 nitrogen and oxygen atoms in total. The van der Waals surface area contributed by atoms with Crippen molar-refractivity contribution in [1.82, 2.24) is 0 Å². The number of anilines is 1. The molecule has 2 aromatic rings. The predicted octanol–water partition coefficient (Wildman–Crippen LogP) is 4.23. The van der Waals surface area contributed by atoms with E-state index in [-0.39, 0.29) is 6.61 Å². The first-order valence-corrected chi connectivity index (χ1v) is 10.9. The topological polar surface area (TPSA) is 79.2 Å². The summed E-state index contributed by atoms with van der Waals surface area (Å²) in [5.41, 5.74) is 2.88. The summed E-state index contributed by atoms with van der Waals surface area (Å²) < 4.78 is 5.20. The second-order valence-corrected chi connectivity index (χ2v) is 9.16. The number of thiophene rings is 2. The number of nitrogens with one attached hydrogen (secondary N) is 1. The lowest BCUT2D eigenvalue weighted by Gasteiger charge is -2.05. The Bertz CT molecular complexity index is 912. The van der Waals surface area contributed by atoms with Crippen LogP contribution in [0.5, 0.6) is 0 Å². The zero-order valence-corrected chi connectivity index (χ0v) is 16.6. The van der Waals surface area contributed by atoms with Crippen molar-refractivity contribution in [2.24, 2.45) is 0 Å². The number of amides is 1. The third kappa shape index (κ3) is 3.78. The van der Waals surface area contributed by atoms with Crippen LogP contribution in [0.25, 0.3) is 0 Å². The standard InChI is InChI=1S/C20H20N2O3S2/c21-10-14-13-6-4-8-16(13)27-19(14)22-18(23)11-25-20(24)17-9-12-5-2-1-3-7-15(12)26-17/h9H,1-8,11H2,(H,22,23). The fourth-order valence-corrected chi connectivity index (χ4v) is 6.15. The molecule has 2 heterocycles. The number of ether oxygens (including phenoxy) is 1. The predicted molar refractivity (Wildman–Crippen MR) is 106 cm³/mol. The molecule has 0 spiro atoms. The summed E-state index contributed by atoms with van der Waals surface area (Å²) in [5.74, 6) is -0.852. The number of esters is 1. The van der Waals surface area contributed by atoms with Gasteiger partial charge in [0.2, 0.25) is 0 Å². The van der Waals surface area contributed by atoms with E-state index in [2.05, 4.69) is 11.4 Å². The molecule has 0 atom stereocenters. The average molecular weight is 401 g/mol. The van der Waals surface area contributed by atoms with E-state index in [1.165, 1.54) is 44.4 Å². The Morgan fingerprint density at radius 1 is 1.07 bits per heavy atom. The number of aryl methyl sites for hydroxylation is 3. The Kier molecular flexibility index (Phi) is 5.28. The summed E-state index contributed by atoms with van der Waals surface area (Å²) in [6.45, 7) is -0.338. The maximum atomic E-state index is 12.3. The van der Waals surface area contributed by atoms with Crippen LogP contribution in [0.4, 0.5) is 5.00 Å². The summed E-state index contributed by atoms with van der Waals surface area (Å²) in [6.07, 6.45) is 8.51. The van der Waals surface area contributed by atoms with Crippen molar-refractivity contribution < 1.29 is 14.3 Å². The first kappa shape index (κ1) is 18.2. The normalized spacial score (nSPS) is 15.4. The van der Waals surface area contributed by atoms with Gasteiger partial charge < -0.3 is 10.1 Å². The number of nitriles is 1.